The summed E-state index contributed by atoms with van der Waals surface area (Å²) in [7, 11) is -3.97. The van der Waals surface area contributed by atoms with E-state index in [0.717, 1.165) is 57.8 Å². The molecule has 2 atom stereocenters. The average molecular weight is 535 g/mol. The van der Waals surface area contributed by atoms with Crippen molar-refractivity contribution in [3.05, 3.63) is 35.4 Å². The second kappa shape index (κ2) is 13.3. The lowest BCUT2D eigenvalue weighted by atomic mass is 9.88. The van der Waals surface area contributed by atoms with Crippen molar-refractivity contribution in [3.63, 3.8) is 0 Å². The standard InChI is InChI=1S/C24H36F6O4S/c1-3-21(35(32,33)34)13-11-9-7-5-4-6-8-10-12-18(2)19-14-16-20(17-15-19)22(31,23(25,26)27)24(28,29)30/h14-18,21,31H,3-13H2,1-2H3,(H,32,33,34). The fourth-order valence-electron chi connectivity index (χ4n) is 4.15. The quantitative estimate of drug-likeness (QED) is 0.138. The molecule has 0 saturated carbocycles. The van der Waals surface area contributed by atoms with Crippen LogP contribution in [-0.2, 0) is 15.7 Å². The molecule has 2 N–H and O–H groups in total. The lowest BCUT2D eigenvalue weighted by Crippen LogP contribution is -2.53. The largest absolute Gasteiger partial charge is 0.430 e. The van der Waals surface area contributed by atoms with Crippen LogP contribution in [0.2, 0.25) is 0 Å². The molecule has 0 radical (unpaired) electrons. The molecule has 0 fully saturated rings. The van der Waals surface area contributed by atoms with E-state index in [1.54, 1.807) is 6.92 Å². The minimum absolute atomic E-state index is 0.0526. The molecule has 0 aromatic heterocycles. The molecule has 0 aliphatic carbocycles. The van der Waals surface area contributed by atoms with E-state index in [2.05, 4.69) is 0 Å². The zero-order valence-corrected chi connectivity index (χ0v) is 20.9. The highest BCUT2D eigenvalue weighted by atomic mass is 32.2. The van der Waals surface area contributed by atoms with Crippen molar-refractivity contribution >= 4 is 10.1 Å². The summed E-state index contributed by atoms with van der Waals surface area (Å²) in [6, 6.07) is 3.78. The van der Waals surface area contributed by atoms with Gasteiger partial charge in [-0.05, 0) is 30.7 Å². The Morgan fingerprint density at radius 2 is 1.17 bits per heavy atom. The van der Waals surface area contributed by atoms with Gasteiger partial charge in [0, 0.05) is 5.56 Å². The predicted octanol–water partition coefficient (Wildman–Crippen LogP) is 7.67. The normalized spacial score (nSPS) is 15.3. The van der Waals surface area contributed by atoms with Gasteiger partial charge >= 0.3 is 12.4 Å². The summed E-state index contributed by atoms with van der Waals surface area (Å²) in [6.07, 6.45) is -2.73. The van der Waals surface area contributed by atoms with Crippen LogP contribution in [0.5, 0.6) is 0 Å². The van der Waals surface area contributed by atoms with Crippen molar-refractivity contribution < 1.29 is 44.4 Å². The van der Waals surface area contributed by atoms with E-state index in [4.69, 9.17) is 4.55 Å². The van der Waals surface area contributed by atoms with Crippen LogP contribution < -0.4 is 0 Å². The number of hydrogen-bond donors (Lipinski definition) is 2. The molecule has 1 rings (SSSR count). The molecule has 0 heterocycles. The lowest BCUT2D eigenvalue weighted by molar-refractivity contribution is -0.376. The molecule has 1 aromatic carbocycles. The van der Waals surface area contributed by atoms with Crippen molar-refractivity contribution in [2.45, 2.75) is 114 Å². The summed E-state index contributed by atoms with van der Waals surface area (Å²) >= 11 is 0. The second-order valence-corrected chi connectivity index (χ2v) is 10.9. The molecule has 2 unspecified atom stereocenters. The van der Waals surface area contributed by atoms with Gasteiger partial charge in [-0.3, -0.25) is 4.55 Å². The summed E-state index contributed by atoms with van der Waals surface area (Å²) in [5.74, 6) is -0.0526. The molecule has 0 bridgehead atoms. The van der Waals surface area contributed by atoms with Gasteiger partial charge in [0.2, 0.25) is 0 Å². The lowest BCUT2D eigenvalue weighted by Gasteiger charge is -2.32. The Morgan fingerprint density at radius 3 is 1.54 bits per heavy atom. The van der Waals surface area contributed by atoms with Crippen molar-refractivity contribution in [1.29, 1.82) is 0 Å². The first kappa shape index (κ1) is 31.7. The molecule has 0 saturated heterocycles. The van der Waals surface area contributed by atoms with Gasteiger partial charge in [0.1, 0.15) is 0 Å². The highest BCUT2D eigenvalue weighted by molar-refractivity contribution is 7.86. The molecule has 0 spiro atoms. The zero-order chi connectivity index (χ0) is 26.9. The monoisotopic (exact) mass is 534 g/mol. The van der Waals surface area contributed by atoms with Gasteiger partial charge < -0.3 is 5.11 Å². The Labute approximate surface area is 203 Å². The number of rotatable bonds is 15. The van der Waals surface area contributed by atoms with Gasteiger partial charge in [0.25, 0.3) is 15.7 Å². The number of hydrogen-bond acceptors (Lipinski definition) is 3. The Kier molecular flexibility index (Phi) is 12.0. The molecule has 0 amide bonds. The van der Waals surface area contributed by atoms with Crippen molar-refractivity contribution in [3.8, 4) is 0 Å². The Bertz CT molecular complexity index is 836. The van der Waals surface area contributed by atoms with Crippen LogP contribution in [-0.4, -0.2) is 35.7 Å². The SMILES string of the molecule is CCC(CCCCCCCCCCC(C)c1ccc(C(O)(C(F)(F)F)C(F)(F)F)cc1)S(=O)(=O)O. The topological polar surface area (TPSA) is 74.6 Å². The third-order valence-electron chi connectivity index (χ3n) is 6.51. The van der Waals surface area contributed by atoms with E-state index < -0.39 is 38.9 Å². The number of halogens is 6. The van der Waals surface area contributed by atoms with Gasteiger partial charge in [-0.25, -0.2) is 0 Å². The molecule has 4 nitrogen and oxygen atoms in total. The van der Waals surface area contributed by atoms with E-state index in [9.17, 15) is 39.9 Å². The number of benzene rings is 1. The number of aliphatic hydroxyl groups is 1. The Hall–Kier alpha value is -1.33. The molecule has 0 aliphatic heterocycles. The number of alkyl halides is 6. The van der Waals surface area contributed by atoms with Crippen LogP contribution in [0.4, 0.5) is 26.3 Å². The van der Waals surface area contributed by atoms with Crippen LogP contribution in [0.3, 0.4) is 0 Å². The smallest absolute Gasteiger partial charge is 0.369 e. The number of unbranched alkanes of at least 4 members (excludes halogenated alkanes) is 7. The summed E-state index contributed by atoms with van der Waals surface area (Å²) < 4.78 is 109. The highest BCUT2D eigenvalue weighted by Crippen LogP contribution is 2.50. The highest BCUT2D eigenvalue weighted by Gasteiger charge is 2.71. The predicted molar refractivity (Wildman–Crippen MR) is 123 cm³/mol. The van der Waals surface area contributed by atoms with E-state index in [1.807, 2.05) is 6.92 Å². The molecule has 11 heteroatoms. The van der Waals surface area contributed by atoms with Gasteiger partial charge in [-0.15, -0.1) is 0 Å². The van der Waals surface area contributed by atoms with Gasteiger partial charge in [-0.1, -0.05) is 89.5 Å². The summed E-state index contributed by atoms with van der Waals surface area (Å²) in [4.78, 5) is 0. The van der Waals surface area contributed by atoms with E-state index in [-0.39, 0.29) is 5.92 Å². The maximum atomic E-state index is 13.0. The van der Waals surface area contributed by atoms with Gasteiger partial charge in [0.15, 0.2) is 0 Å². The third-order valence-corrected chi connectivity index (χ3v) is 7.92. The maximum Gasteiger partial charge on any atom is 0.430 e. The van der Waals surface area contributed by atoms with Crippen LogP contribution in [0.15, 0.2) is 24.3 Å². The summed E-state index contributed by atoms with van der Waals surface area (Å²) in [5, 5.41) is 8.77. The fraction of sp³-hybridized carbons (Fsp3) is 0.750. The molecule has 0 aliphatic rings. The maximum absolute atomic E-state index is 13.0. The van der Waals surface area contributed by atoms with Crippen molar-refractivity contribution in [2.24, 2.45) is 0 Å². The molecular weight excluding hydrogens is 498 g/mol. The van der Waals surface area contributed by atoms with Crippen LogP contribution >= 0.6 is 0 Å². The summed E-state index contributed by atoms with van der Waals surface area (Å²) in [5.41, 5.74) is -5.55. The third kappa shape index (κ3) is 9.24. The molecular formula is C24H36F6O4S. The molecule has 35 heavy (non-hydrogen) atoms. The van der Waals surface area contributed by atoms with Crippen LogP contribution in [0.1, 0.15) is 102 Å². The fourth-order valence-corrected chi connectivity index (χ4v) is 5.04. The first-order valence-electron chi connectivity index (χ1n) is 12.0. The average Bonchev–Trinajstić information content (AvgIpc) is 2.74. The van der Waals surface area contributed by atoms with Crippen molar-refractivity contribution in [1.82, 2.24) is 0 Å². The second-order valence-electron chi connectivity index (χ2n) is 9.18. The van der Waals surface area contributed by atoms with E-state index in [1.165, 1.54) is 12.1 Å². The molecule has 1 aromatic rings. The van der Waals surface area contributed by atoms with E-state index in [0.29, 0.717) is 30.5 Å². The van der Waals surface area contributed by atoms with Crippen LogP contribution in [0.25, 0.3) is 0 Å². The first-order valence-corrected chi connectivity index (χ1v) is 13.5. The van der Waals surface area contributed by atoms with Crippen LogP contribution in [0, 0.1) is 0 Å². The minimum atomic E-state index is -5.89. The molecule has 204 valence electrons. The van der Waals surface area contributed by atoms with Crippen molar-refractivity contribution in [2.75, 3.05) is 0 Å². The van der Waals surface area contributed by atoms with Gasteiger partial charge in [-0.2, -0.15) is 34.8 Å². The zero-order valence-electron chi connectivity index (χ0n) is 20.1. The summed E-state index contributed by atoms with van der Waals surface area (Å²) in [6.45, 7) is 3.58. The Balaban J connectivity index is 2.35. The minimum Gasteiger partial charge on any atom is -0.369 e. The van der Waals surface area contributed by atoms with E-state index >= 15 is 0 Å². The van der Waals surface area contributed by atoms with Gasteiger partial charge in [0.05, 0.1) is 5.25 Å². The Morgan fingerprint density at radius 1 is 0.771 bits per heavy atom. The first-order chi connectivity index (χ1) is 16.1.